The second kappa shape index (κ2) is 7.40. The molecule has 0 aliphatic carbocycles. The smallest absolute Gasteiger partial charge is 0.224 e. The third kappa shape index (κ3) is 3.66. The highest BCUT2D eigenvalue weighted by atomic mass is 16.5. The van der Waals surface area contributed by atoms with Crippen molar-refractivity contribution >= 4 is 22.5 Å². The van der Waals surface area contributed by atoms with Gasteiger partial charge in [0.25, 0.3) is 0 Å². The fourth-order valence-corrected chi connectivity index (χ4v) is 3.45. The molecule has 1 N–H and O–H groups in total. The first kappa shape index (κ1) is 17.5. The van der Waals surface area contributed by atoms with E-state index in [1.807, 2.05) is 26.1 Å². The van der Waals surface area contributed by atoms with Crippen LogP contribution in [0, 0.1) is 6.92 Å². The molecule has 6 nitrogen and oxygen atoms in total. The van der Waals surface area contributed by atoms with Crippen molar-refractivity contribution in [2.45, 2.75) is 13.0 Å². The van der Waals surface area contributed by atoms with E-state index in [0.717, 1.165) is 35.7 Å². The van der Waals surface area contributed by atoms with Crippen LogP contribution in [0.25, 0.3) is 10.8 Å². The molecule has 1 atom stereocenters. The summed E-state index contributed by atoms with van der Waals surface area (Å²) in [4.78, 5) is 11.3. The highest BCUT2D eigenvalue weighted by molar-refractivity contribution is 5.84. The fourth-order valence-electron chi connectivity index (χ4n) is 3.45. The summed E-state index contributed by atoms with van der Waals surface area (Å²) in [6.07, 6.45) is 0.0126. The highest BCUT2D eigenvalue weighted by Gasteiger charge is 2.23. The van der Waals surface area contributed by atoms with Gasteiger partial charge < -0.3 is 19.7 Å². The van der Waals surface area contributed by atoms with Gasteiger partial charge in [-0.25, -0.2) is 4.98 Å². The molecule has 1 saturated heterocycles. The van der Waals surface area contributed by atoms with Gasteiger partial charge in [0.2, 0.25) is 5.95 Å². The SMILES string of the molecule is CNc1nc(C)cc(N2CCOC(c3ccc4cc(OC)ccc4c3)C2)n1. The average molecular weight is 364 g/mol. The molecule has 3 aromatic rings. The first-order valence-corrected chi connectivity index (χ1v) is 9.14. The average Bonchev–Trinajstić information content (AvgIpc) is 2.72. The summed E-state index contributed by atoms with van der Waals surface area (Å²) >= 11 is 0. The third-order valence-electron chi connectivity index (χ3n) is 4.90. The maximum Gasteiger partial charge on any atom is 0.224 e. The molecule has 4 rings (SSSR count). The molecule has 140 valence electrons. The summed E-state index contributed by atoms with van der Waals surface area (Å²) in [6.45, 7) is 4.24. The van der Waals surface area contributed by atoms with E-state index in [9.17, 15) is 0 Å². The molecule has 1 aromatic heterocycles. The molecule has 1 aliphatic heterocycles. The number of methoxy groups -OCH3 is 1. The molecule has 2 aromatic carbocycles. The zero-order valence-corrected chi connectivity index (χ0v) is 15.9. The molecule has 0 radical (unpaired) electrons. The minimum absolute atomic E-state index is 0.0126. The number of benzene rings is 2. The van der Waals surface area contributed by atoms with E-state index in [1.165, 1.54) is 10.9 Å². The number of fused-ring (bicyclic) bond motifs is 1. The molecule has 27 heavy (non-hydrogen) atoms. The molecular formula is C21H24N4O2. The van der Waals surface area contributed by atoms with Gasteiger partial charge in [-0.05, 0) is 41.5 Å². The van der Waals surface area contributed by atoms with Crippen molar-refractivity contribution in [1.82, 2.24) is 9.97 Å². The number of anilines is 2. The minimum atomic E-state index is 0.0126. The van der Waals surface area contributed by atoms with Crippen LogP contribution in [-0.4, -0.2) is 43.8 Å². The quantitative estimate of drug-likeness (QED) is 0.764. The van der Waals surface area contributed by atoms with Gasteiger partial charge in [-0.2, -0.15) is 4.98 Å². The van der Waals surface area contributed by atoms with Crippen LogP contribution < -0.4 is 15.0 Å². The molecular weight excluding hydrogens is 340 g/mol. The Hall–Kier alpha value is -2.86. The highest BCUT2D eigenvalue weighted by Crippen LogP contribution is 2.29. The van der Waals surface area contributed by atoms with E-state index < -0.39 is 0 Å². The molecule has 0 saturated carbocycles. The van der Waals surface area contributed by atoms with Crippen LogP contribution in [0.5, 0.6) is 5.75 Å². The normalized spacial score (nSPS) is 17.1. The van der Waals surface area contributed by atoms with Crippen molar-refractivity contribution in [3.63, 3.8) is 0 Å². The number of rotatable bonds is 4. The molecule has 2 heterocycles. The molecule has 1 unspecified atom stereocenters. The molecule has 0 spiro atoms. The second-order valence-corrected chi connectivity index (χ2v) is 6.72. The van der Waals surface area contributed by atoms with Gasteiger partial charge in [-0.1, -0.05) is 18.2 Å². The van der Waals surface area contributed by atoms with Gasteiger partial charge in [-0.3, -0.25) is 0 Å². The zero-order chi connectivity index (χ0) is 18.8. The maximum absolute atomic E-state index is 6.07. The Bertz CT molecular complexity index is 960. The lowest BCUT2D eigenvalue weighted by Gasteiger charge is -2.34. The fraction of sp³-hybridized carbons (Fsp3) is 0.333. The molecule has 1 aliphatic rings. The number of nitrogens with one attached hydrogen (secondary N) is 1. The zero-order valence-electron chi connectivity index (χ0n) is 15.9. The largest absolute Gasteiger partial charge is 0.497 e. The number of morpholine rings is 1. The lowest BCUT2D eigenvalue weighted by atomic mass is 10.0. The van der Waals surface area contributed by atoms with Crippen LogP contribution in [0.2, 0.25) is 0 Å². The van der Waals surface area contributed by atoms with Gasteiger partial charge >= 0.3 is 0 Å². The van der Waals surface area contributed by atoms with Crippen molar-refractivity contribution in [2.75, 3.05) is 44.1 Å². The Kier molecular flexibility index (Phi) is 4.81. The van der Waals surface area contributed by atoms with E-state index in [0.29, 0.717) is 12.6 Å². The van der Waals surface area contributed by atoms with Crippen LogP contribution in [0.1, 0.15) is 17.4 Å². The molecule has 0 bridgehead atoms. The summed E-state index contributed by atoms with van der Waals surface area (Å²) in [5, 5.41) is 5.38. The number of aromatic nitrogens is 2. The number of nitrogens with zero attached hydrogens (tertiary/aromatic N) is 3. The number of hydrogen-bond acceptors (Lipinski definition) is 6. The first-order chi connectivity index (χ1) is 13.2. The van der Waals surface area contributed by atoms with Gasteiger partial charge in [-0.15, -0.1) is 0 Å². The van der Waals surface area contributed by atoms with E-state index in [2.05, 4.69) is 50.5 Å². The van der Waals surface area contributed by atoms with Gasteiger partial charge in [0.15, 0.2) is 0 Å². The standard InChI is InChI=1S/C21H24N4O2/c1-14-10-20(24-21(22-2)23-14)25-8-9-27-19(13-25)17-5-4-16-12-18(26-3)7-6-15(16)11-17/h4-7,10-12,19H,8-9,13H2,1-3H3,(H,22,23,24). The first-order valence-electron chi connectivity index (χ1n) is 9.14. The van der Waals surface area contributed by atoms with Gasteiger partial charge in [0.05, 0.1) is 13.7 Å². The van der Waals surface area contributed by atoms with Crippen molar-refractivity contribution < 1.29 is 9.47 Å². The van der Waals surface area contributed by atoms with Crippen LogP contribution in [-0.2, 0) is 4.74 Å². The van der Waals surface area contributed by atoms with E-state index in [1.54, 1.807) is 7.11 Å². The Labute approximate surface area is 159 Å². The summed E-state index contributed by atoms with van der Waals surface area (Å²) in [5.74, 6) is 2.45. The summed E-state index contributed by atoms with van der Waals surface area (Å²) in [7, 11) is 3.53. The Balaban J connectivity index is 1.59. The second-order valence-electron chi connectivity index (χ2n) is 6.72. The third-order valence-corrected chi connectivity index (χ3v) is 4.90. The maximum atomic E-state index is 6.07. The number of ether oxygens (including phenoxy) is 2. The molecule has 0 amide bonds. The minimum Gasteiger partial charge on any atom is -0.497 e. The van der Waals surface area contributed by atoms with Crippen LogP contribution in [0.3, 0.4) is 0 Å². The van der Waals surface area contributed by atoms with Crippen molar-refractivity contribution in [3.8, 4) is 5.75 Å². The Morgan fingerprint density at radius 1 is 1.11 bits per heavy atom. The Morgan fingerprint density at radius 3 is 2.74 bits per heavy atom. The molecule has 1 fully saturated rings. The van der Waals surface area contributed by atoms with Crippen molar-refractivity contribution in [3.05, 3.63) is 53.7 Å². The summed E-state index contributed by atoms with van der Waals surface area (Å²) < 4.78 is 11.4. The number of aryl methyl sites for hydroxylation is 1. The molecule has 6 heteroatoms. The lowest BCUT2D eigenvalue weighted by molar-refractivity contribution is 0.0396. The van der Waals surface area contributed by atoms with E-state index in [-0.39, 0.29) is 6.10 Å². The van der Waals surface area contributed by atoms with E-state index in [4.69, 9.17) is 9.47 Å². The van der Waals surface area contributed by atoms with Crippen molar-refractivity contribution in [1.29, 1.82) is 0 Å². The Morgan fingerprint density at radius 2 is 1.93 bits per heavy atom. The number of hydrogen-bond donors (Lipinski definition) is 1. The van der Waals surface area contributed by atoms with Crippen LogP contribution in [0.15, 0.2) is 42.5 Å². The van der Waals surface area contributed by atoms with Gasteiger partial charge in [0, 0.05) is 31.9 Å². The summed E-state index contributed by atoms with van der Waals surface area (Å²) in [5.41, 5.74) is 2.13. The van der Waals surface area contributed by atoms with E-state index >= 15 is 0 Å². The topological polar surface area (TPSA) is 59.5 Å². The summed E-state index contributed by atoms with van der Waals surface area (Å²) in [6, 6.07) is 14.6. The predicted molar refractivity (Wildman–Crippen MR) is 108 cm³/mol. The lowest BCUT2D eigenvalue weighted by Crippen LogP contribution is -2.39. The van der Waals surface area contributed by atoms with Crippen LogP contribution >= 0.6 is 0 Å². The predicted octanol–water partition coefficient (Wildman–Crippen LogP) is 3.57. The van der Waals surface area contributed by atoms with Crippen LogP contribution in [0.4, 0.5) is 11.8 Å². The monoisotopic (exact) mass is 364 g/mol. The van der Waals surface area contributed by atoms with Gasteiger partial charge in [0.1, 0.15) is 17.7 Å². The van der Waals surface area contributed by atoms with Crippen molar-refractivity contribution in [2.24, 2.45) is 0 Å².